The minimum Gasteiger partial charge on any atom is -0.487 e. The van der Waals surface area contributed by atoms with E-state index >= 15 is 0 Å². The number of rotatable bonds is 4. The second-order valence-corrected chi connectivity index (χ2v) is 4.14. The lowest BCUT2D eigenvalue weighted by Gasteiger charge is -2.40. The average Bonchev–Trinajstić information content (AvgIpc) is 2.28. The lowest BCUT2D eigenvalue weighted by Crippen LogP contribution is -2.55. The number of hydrogen-bond acceptors (Lipinski definition) is 3. The van der Waals surface area contributed by atoms with Crippen molar-refractivity contribution in [3.8, 4) is 5.75 Å². The molecule has 0 amide bonds. The molecule has 2 rings (SSSR count). The van der Waals surface area contributed by atoms with Gasteiger partial charge in [-0.2, -0.15) is 0 Å². The molecule has 88 valence electrons. The fourth-order valence-electron chi connectivity index (χ4n) is 1.94. The molecule has 3 atom stereocenters. The van der Waals surface area contributed by atoms with E-state index < -0.39 is 0 Å². The second kappa shape index (κ2) is 4.85. The maximum atomic E-state index is 9.55. The van der Waals surface area contributed by atoms with Gasteiger partial charge in [0.25, 0.3) is 0 Å². The van der Waals surface area contributed by atoms with Gasteiger partial charge in [0.1, 0.15) is 18.0 Å². The summed E-state index contributed by atoms with van der Waals surface area (Å²) in [4.78, 5) is 0. The first kappa shape index (κ1) is 11.4. The Morgan fingerprint density at radius 1 is 1.38 bits per heavy atom. The third-order valence-corrected chi connectivity index (χ3v) is 2.95. The molecule has 16 heavy (non-hydrogen) atoms. The summed E-state index contributed by atoms with van der Waals surface area (Å²) >= 11 is 0. The van der Waals surface area contributed by atoms with E-state index in [0.29, 0.717) is 13.0 Å². The van der Waals surface area contributed by atoms with Crippen LogP contribution in [0.5, 0.6) is 5.75 Å². The van der Waals surface area contributed by atoms with Crippen molar-refractivity contribution in [3.05, 3.63) is 29.8 Å². The first-order valence-corrected chi connectivity index (χ1v) is 5.74. The van der Waals surface area contributed by atoms with Crippen LogP contribution in [0.2, 0.25) is 0 Å². The molecule has 1 aliphatic carbocycles. The van der Waals surface area contributed by atoms with Crippen LogP contribution in [-0.4, -0.2) is 30.0 Å². The molecule has 0 heterocycles. The molecule has 0 radical (unpaired) electrons. The van der Waals surface area contributed by atoms with Gasteiger partial charge in [-0.15, -0.1) is 0 Å². The highest BCUT2D eigenvalue weighted by Gasteiger charge is 2.42. The fraction of sp³-hybridized carbons (Fsp3) is 0.538. The summed E-state index contributed by atoms with van der Waals surface area (Å²) in [5.41, 5.74) is 1.11. The lowest BCUT2D eigenvalue weighted by molar-refractivity contribution is -0.160. The van der Waals surface area contributed by atoms with Crippen molar-refractivity contribution in [2.24, 2.45) is 0 Å². The van der Waals surface area contributed by atoms with E-state index in [1.807, 2.05) is 38.1 Å². The van der Waals surface area contributed by atoms with Crippen LogP contribution in [0.4, 0.5) is 0 Å². The molecule has 3 nitrogen and oxygen atoms in total. The second-order valence-electron chi connectivity index (χ2n) is 4.14. The van der Waals surface area contributed by atoms with Gasteiger partial charge in [0, 0.05) is 13.0 Å². The molecule has 0 aromatic heterocycles. The number of benzene rings is 1. The summed E-state index contributed by atoms with van der Waals surface area (Å²) in [5, 5.41) is 9.55. The minimum atomic E-state index is -0.381. The predicted octanol–water partition coefficient (Wildman–Crippen LogP) is 1.91. The Bertz CT molecular complexity index is 351. The van der Waals surface area contributed by atoms with Crippen molar-refractivity contribution < 1.29 is 14.6 Å². The Morgan fingerprint density at radius 3 is 2.75 bits per heavy atom. The topological polar surface area (TPSA) is 38.7 Å². The van der Waals surface area contributed by atoms with Gasteiger partial charge in [-0.1, -0.05) is 18.2 Å². The quantitative estimate of drug-likeness (QED) is 0.845. The Hall–Kier alpha value is -1.06. The first-order valence-electron chi connectivity index (χ1n) is 5.74. The number of ether oxygens (including phenoxy) is 2. The highest BCUT2D eigenvalue weighted by Crippen LogP contribution is 2.30. The minimum absolute atomic E-state index is 0.0175. The molecule has 0 aliphatic heterocycles. The van der Waals surface area contributed by atoms with Crippen LogP contribution >= 0.6 is 0 Å². The molecular weight excluding hydrogens is 204 g/mol. The molecule has 1 aliphatic rings. The third kappa shape index (κ3) is 2.20. The summed E-state index contributed by atoms with van der Waals surface area (Å²) in [7, 11) is 0. The van der Waals surface area contributed by atoms with Crippen LogP contribution in [0.1, 0.15) is 18.9 Å². The molecule has 1 aromatic carbocycles. The molecule has 1 aromatic rings. The van der Waals surface area contributed by atoms with E-state index in [1.165, 1.54) is 0 Å². The van der Waals surface area contributed by atoms with Gasteiger partial charge in [-0.05, 0) is 25.5 Å². The van der Waals surface area contributed by atoms with Crippen LogP contribution in [0.15, 0.2) is 24.3 Å². The van der Waals surface area contributed by atoms with Crippen LogP contribution in [0.3, 0.4) is 0 Å². The van der Waals surface area contributed by atoms with Crippen molar-refractivity contribution in [2.75, 3.05) is 6.61 Å². The molecule has 1 fully saturated rings. The van der Waals surface area contributed by atoms with Crippen molar-refractivity contribution >= 4 is 0 Å². The number of aliphatic hydroxyl groups excluding tert-OH is 1. The van der Waals surface area contributed by atoms with Gasteiger partial charge >= 0.3 is 0 Å². The van der Waals surface area contributed by atoms with Crippen molar-refractivity contribution in [3.63, 3.8) is 0 Å². The molecular formula is C13H18O3. The number of aryl methyl sites for hydroxylation is 1. The highest BCUT2D eigenvalue weighted by atomic mass is 16.6. The Morgan fingerprint density at radius 2 is 2.12 bits per heavy atom. The summed E-state index contributed by atoms with van der Waals surface area (Å²) in [6.07, 6.45) is 0.0774. The molecule has 3 unspecified atom stereocenters. The molecule has 1 N–H and O–H groups in total. The summed E-state index contributed by atoms with van der Waals surface area (Å²) < 4.78 is 11.3. The van der Waals surface area contributed by atoms with Crippen molar-refractivity contribution in [2.45, 2.75) is 38.6 Å². The van der Waals surface area contributed by atoms with Crippen LogP contribution in [0, 0.1) is 6.92 Å². The molecule has 0 bridgehead atoms. The van der Waals surface area contributed by atoms with E-state index in [2.05, 4.69) is 0 Å². The molecule has 0 spiro atoms. The Balaban J connectivity index is 1.98. The summed E-state index contributed by atoms with van der Waals surface area (Å²) in [6.45, 7) is 4.55. The van der Waals surface area contributed by atoms with Crippen LogP contribution in [-0.2, 0) is 4.74 Å². The zero-order chi connectivity index (χ0) is 11.5. The predicted molar refractivity (Wildman–Crippen MR) is 61.6 cm³/mol. The zero-order valence-electron chi connectivity index (χ0n) is 9.72. The maximum absolute atomic E-state index is 9.55. The van der Waals surface area contributed by atoms with Crippen molar-refractivity contribution in [1.29, 1.82) is 0 Å². The van der Waals surface area contributed by atoms with E-state index in [-0.39, 0.29) is 18.3 Å². The average molecular weight is 222 g/mol. The number of aliphatic hydroxyl groups is 1. The van der Waals surface area contributed by atoms with E-state index in [0.717, 1.165) is 11.3 Å². The highest BCUT2D eigenvalue weighted by molar-refractivity contribution is 5.32. The van der Waals surface area contributed by atoms with E-state index in [4.69, 9.17) is 9.47 Å². The van der Waals surface area contributed by atoms with Gasteiger partial charge in [-0.25, -0.2) is 0 Å². The smallest absolute Gasteiger partial charge is 0.130 e. The van der Waals surface area contributed by atoms with Gasteiger partial charge in [0.05, 0.1) is 6.10 Å². The van der Waals surface area contributed by atoms with E-state index in [1.54, 1.807) is 0 Å². The monoisotopic (exact) mass is 222 g/mol. The van der Waals surface area contributed by atoms with Crippen LogP contribution < -0.4 is 4.74 Å². The molecule has 0 saturated heterocycles. The van der Waals surface area contributed by atoms with Gasteiger partial charge in [0.15, 0.2) is 0 Å². The zero-order valence-corrected chi connectivity index (χ0v) is 9.72. The molecule has 3 heteroatoms. The normalized spacial score (nSPS) is 28.6. The number of para-hydroxylation sites is 1. The van der Waals surface area contributed by atoms with Gasteiger partial charge in [0.2, 0.25) is 0 Å². The van der Waals surface area contributed by atoms with Gasteiger partial charge < -0.3 is 14.6 Å². The number of hydrogen-bond donors (Lipinski definition) is 1. The van der Waals surface area contributed by atoms with E-state index in [9.17, 15) is 5.11 Å². The Labute approximate surface area is 96.0 Å². The first-order chi connectivity index (χ1) is 7.72. The van der Waals surface area contributed by atoms with Gasteiger partial charge in [-0.3, -0.25) is 0 Å². The summed E-state index contributed by atoms with van der Waals surface area (Å²) in [6, 6.07) is 7.90. The Kier molecular flexibility index (Phi) is 3.46. The fourth-order valence-corrected chi connectivity index (χ4v) is 1.94. The maximum Gasteiger partial charge on any atom is 0.130 e. The standard InChI is InChI=1S/C13H18O3/c1-3-15-13-10(14)8-12(13)16-11-7-5-4-6-9(11)2/h4-7,10,12-14H,3,8H2,1-2H3. The lowest BCUT2D eigenvalue weighted by atomic mass is 9.88. The third-order valence-electron chi connectivity index (χ3n) is 2.95. The SMILES string of the molecule is CCOC1C(O)CC1Oc1ccccc1C. The largest absolute Gasteiger partial charge is 0.487 e. The van der Waals surface area contributed by atoms with Crippen molar-refractivity contribution in [1.82, 2.24) is 0 Å². The molecule has 1 saturated carbocycles. The summed E-state index contributed by atoms with van der Waals surface area (Å²) in [5.74, 6) is 0.879. The van der Waals surface area contributed by atoms with Crippen LogP contribution in [0.25, 0.3) is 0 Å².